The zero-order valence-corrected chi connectivity index (χ0v) is 12.1. The SMILES string of the molecule is CCOCCNS(=O)(=O)c1cc(Cl)cc(C(=O)O)c1F. The molecule has 0 aromatic heterocycles. The van der Waals surface area contributed by atoms with Crippen LogP contribution in [0.1, 0.15) is 17.3 Å². The molecule has 0 saturated carbocycles. The van der Waals surface area contributed by atoms with Gasteiger partial charge in [-0.3, -0.25) is 0 Å². The third kappa shape index (κ3) is 4.14. The van der Waals surface area contributed by atoms with Crippen LogP contribution >= 0.6 is 11.6 Å². The molecular weight excluding hydrogens is 313 g/mol. The predicted octanol–water partition coefficient (Wildman–Crippen LogP) is 1.49. The summed E-state index contributed by atoms with van der Waals surface area (Å²) < 4.78 is 44.7. The monoisotopic (exact) mass is 325 g/mol. The normalized spacial score (nSPS) is 11.6. The number of benzene rings is 1. The summed E-state index contributed by atoms with van der Waals surface area (Å²) in [6.45, 7) is 2.20. The van der Waals surface area contributed by atoms with E-state index in [1.807, 2.05) is 0 Å². The molecule has 0 amide bonds. The average molecular weight is 326 g/mol. The summed E-state index contributed by atoms with van der Waals surface area (Å²) in [5.74, 6) is -2.96. The highest BCUT2D eigenvalue weighted by atomic mass is 35.5. The Hall–Kier alpha value is -1.22. The molecule has 0 unspecified atom stereocenters. The van der Waals surface area contributed by atoms with Gasteiger partial charge in [-0.1, -0.05) is 11.6 Å². The smallest absolute Gasteiger partial charge is 0.338 e. The summed E-state index contributed by atoms with van der Waals surface area (Å²) in [4.78, 5) is 10.0. The van der Waals surface area contributed by atoms with Crippen LogP contribution in [0.15, 0.2) is 17.0 Å². The van der Waals surface area contributed by atoms with Crippen molar-refractivity contribution in [2.45, 2.75) is 11.8 Å². The van der Waals surface area contributed by atoms with Crippen molar-refractivity contribution in [1.82, 2.24) is 4.72 Å². The molecule has 0 aliphatic carbocycles. The van der Waals surface area contributed by atoms with Crippen LogP contribution in [0, 0.1) is 5.82 Å². The molecule has 1 aromatic rings. The van der Waals surface area contributed by atoms with Gasteiger partial charge in [0.15, 0.2) is 5.82 Å². The highest BCUT2D eigenvalue weighted by Gasteiger charge is 2.24. The Morgan fingerprint density at radius 3 is 2.70 bits per heavy atom. The molecule has 20 heavy (non-hydrogen) atoms. The molecule has 1 rings (SSSR count). The number of ether oxygens (including phenoxy) is 1. The summed E-state index contributed by atoms with van der Waals surface area (Å²) in [6, 6.07) is 1.70. The fourth-order valence-electron chi connectivity index (χ4n) is 1.39. The van der Waals surface area contributed by atoms with Crippen LogP contribution in [0.25, 0.3) is 0 Å². The van der Waals surface area contributed by atoms with Gasteiger partial charge >= 0.3 is 5.97 Å². The minimum absolute atomic E-state index is 0.0649. The Kier molecular flexibility index (Phi) is 5.88. The third-order valence-electron chi connectivity index (χ3n) is 2.27. The molecule has 6 nitrogen and oxygen atoms in total. The molecule has 0 radical (unpaired) electrons. The molecule has 0 spiro atoms. The fraction of sp³-hybridized carbons (Fsp3) is 0.364. The first-order valence-electron chi connectivity index (χ1n) is 5.59. The minimum Gasteiger partial charge on any atom is -0.478 e. The number of rotatable bonds is 7. The van der Waals surface area contributed by atoms with Gasteiger partial charge in [0.25, 0.3) is 0 Å². The molecular formula is C11H13ClFNO5S. The van der Waals surface area contributed by atoms with E-state index in [-0.39, 0.29) is 18.2 Å². The highest BCUT2D eigenvalue weighted by Crippen LogP contribution is 2.23. The number of halogens is 2. The Bertz CT molecular complexity index is 605. The maximum Gasteiger partial charge on any atom is 0.338 e. The van der Waals surface area contributed by atoms with E-state index in [9.17, 15) is 17.6 Å². The Morgan fingerprint density at radius 2 is 2.15 bits per heavy atom. The molecule has 1 aromatic carbocycles. The van der Waals surface area contributed by atoms with E-state index in [0.29, 0.717) is 6.61 Å². The Morgan fingerprint density at radius 1 is 1.50 bits per heavy atom. The summed E-state index contributed by atoms with van der Waals surface area (Å²) in [6.07, 6.45) is 0. The fourth-order valence-corrected chi connectivity index (χ4v) is 2.80. The van der Waals surface area contributed by atoms with Gasteiger partial charge in [-0.05, 0) is 19.1 Å². The highest BCUT2D eigenvalue weighted by molar-refractivity contribution is 7.89. The first kappa shape index (κ1) is 16.8. The standard InChI is InChI=1S/C11H13ClFNO5S/c1-2-19-4-3-14-20(17,18)9-6-7(12)5-8(10(9)13)11(15)16/h5-6,14H,2-4H2,1H3,(H,15,16). The topological polar surface area (TPSA) is 92.7 Å². The number of hydrogen-bond acceptors (Lipinski definition) is 4. The number of carboxylic acid groups (broad SMARTS) is 1. The van der Waals surface area contributed by atoms with Crippen LogP contribution in [-0.2, 0) is 14.8 Å². The van der Waals surface area contributed by atoms with Crippen molar-refractivity contribution in [2.24, 2.45) is 0 Å². The quantitative estimate of drug-likeness (QED) is 0.741. The zero-order valence-electron chi connectivity index (χ0n) is 10.5. The van der Waals surface area contributed by atoms with Crippen molar-refractivity contribution in [3.63, 3.8) is 0 Å². The first-order chi connectivity index (χ1) is 9.29. The molecule has 0 aliphatic rings. The second kappa shape index (κ2) is 6.98. The van der Waals surface area contributed by atoms with Crippen molar-refractivity contribution in [1.29, 1.82) is 0 Å². The molecule has 0 saturated heterocycles. The first-order valence-corrected chi connectivity index (χ1v) is 7.45. The number of aromatic carboxylic acids is 1. The lowest BCUT2D eigenvalue weighted by atomic mass is 10.2. The summed E-state index contributed by atoms with van der Waals surface area (Å²) >= 11 is 5.61. The number of sulfonamides is 1. The maximum atomic E-state index is 13.9. The molecule has 9 heteroatoms. The van der Waals surface area contributed by atoms with Crippen LogP contribution in [0.5, 0.6) is 0 Å². The third-order valence-corrected chi connectivity index (χ3v) is 3.95. The second-order valence-electron chi connectivity index (χ2n) is 3.67. The lowest BCUT2D eigenvalue weighted by Gasteiger charge is -2.09. The van der Waals surface area contributed by atoms with E-state index >= 15 is 0 Å². The lowest BCUT2D eigenvalue weighted by Crippen LogP contribution is -2.28. The Balaban J connectivity index is 3.09. The number of carboxylic acids is 1. The molecule has 0 atom stereocenters. The van der Waals surface area contributed by atoms with Gasteiger partial charge in [-0.2, -0.15) is 0 Å². The lowest BCUT2D eigenvalue weighted by molar-refractivity contribution is 0.0691. The van der Waals surface area contributed by atoms with Gasteiger partial charge in [0, 0.05) is 18.2 Å². The average Bonchev–Trinajstić information content (AvgIpc) is 2.36. The van der Waals surface area contributed by atoms with Crippen LogP contribution in [0.4, 0.5) is 4.39 Å². The predicted molar refractivity (Wildman–Crippen MR) is 70.1 cm³/mol. The molecule has 0 bridgehead atoms. The summed E-state index contributed by atoms with van der Waals surface area (Å²) in [5.41, 5.74) is -0.803. The van der Waals surface area contributed by atoms with Gasteiger partial charge in [-0.15, -0.1) is 0 Å². The van der Waals surface area contributed by atoms with Gasteiger partial charge in [-0.25, -0.2) is 22.3 Å². The number of nitrogens with one attached hydrogen (secondary N) is 1. The molecule has 112 valence electrons. The maximum absolute atomic E-state index is 13.9. The van der Waals surface area contributed by atoms with E-state index < -0.39 is 32.3 Å². The largest absolute Gasteiger partial charge is 0.478 e. The van der Waals surface area contributed by atoms with E-state index in [4.69, 9.17) is 21.4 Å². The molecule has 0 heterocycles. The molecule has 0 fully saturated rings. The van der Waals surface area contributed by atoms with E-state index in [0.717, 1.165) is 12.1 Å². The van der Waals surface area contributed by atoms with Crippen molar-refractivity contribution in [3.05, 3.63) is 28.5 Å². The van der Waals surface area contributed by atoms with Crippen molar-refractivity contribution in [3.8, 4) is 0 Å². The Labute approximate surface area is 120 Å². The van der Waals surface area contributed by atoms with E-state index in [2.05, 4.69) is 4.72 Å². The molecule has 2 N–H and O–H groups in total. The minimum atomic E-state index is -4.20. The van der Waals surface area contributed by atoms with E-state index in [1.54, 1.807) is 6.92 Å². The zero-order chi connectivity index (χ0) is 15.3. The summed E-state index contributed by atoms with van der Waals surface area (Å²) in [7, 11) is -4.20. The van der Waals surface area contributed by atoms with Crippen LogP contribution in [-0.4, -0.2) is 39.3 Å². The van der Waals surface area contributed by atoms with Gasteiger partial charge < -0.3 is 9.84 Å². The van der Waals surface area contributed by atoms with Crippen LogP contribution in [0.2, 0.25) is 5.02 Å². The van der Waals surface area contributed by atoms with E-state index in [1.165, 1.54) is 0 Å². The van der Waals surface area contributed by atoms with Crippen LogP contribution in [0.3, 0.4) is 0 Å². The van der Waals surface area contributed by atoms with Crippen molar-refractivity contribution in [2.75, 3.05) is 19.8 Å². The van der Waals surface area contributed by atoms with Gasteiger partial charge in [0.2, 0.25) is 10.0 Å². The molecule has 0 aliphatic heterocycles. The van der Waals surface area contributed by atoms with Crippen LogP contribution < -0.4 is 4.72 Å². The van der Waals surface area contributed by atoms with Crippen molar-refractivity contribution < 1.29 is 27.4 Å². The number of carbonyl (C=O) groups is 1. The summed E-state index contributed by atoms with van der Waals surface area (Å²) in [5, 5.41) is 8.61. The van der Waals surface area contributed by atoms with Gasteiger partial charge in [0.05, 0.1) is 12.2 Å². The van der Waals surface area contributed by atoms with Crippen molar-refractivity contribution >= 4 is 27.6 Å². The van der Waals surface area contributed by atoms with Gasteiger partial charge in [0.1, 0.15) is 4.90 Å². The number of hydrogen-bond donors (Lipinski definition) is 2. The second-order valence-corrected chi connectivity index (χ2v) is 5.84.